The number of piperidine rings is 1. The zero-order valence-corrected chi connectivity index (χ0v) is 15.9. The third-order valence-electron chi connectivity index (χ3n) is 5.99. The Labute approximate surface area is 158 Å². The van der Waals surface area contributed by atoms with Gasteiger partial charge in [0.25, 0.3) is 5.91 Å². The first-order chi connectivity index (χ1) is 13.1. The number of rotatable bonds is 6. The second-order valence-corrected chi connectivity index (χ2v) is 7.42. The van der Waals surface area contributed by atoms with Gasteiger partial charge >= 0.3 is 6.03 Å². The largest absolute Gasteiger partial charge is 0.449 e. The third kappa shape index (κ3) is 3.38. The van der Waals surface area contributed by atoms with E-state index in [1.807, 2.05) is 29.7 Å². The predicted octanol–water partition coefficient (Wildman–Crippen LogP) is 2.59. The number of nitrogens with one attached hydrogen (secondary N) is 1. The van der Waals surface area contributed by atoms with Gasteiger partial charge in [-0.2, -0.15) is 0 Å². The van der Waals surface area contributed by atoms with Gasteiger partial charge in [-0.05, 0) is 50.2 Å². The Morgan fingerprint density at radius 2 is 2.04 bits per heavy atom. The van der Waals surface area contributed by atoms with Crippen molar-refractivity contribution in [1.29, 1.82) is 0 Å². The Morgan fingerprint density at radius 3 is 2.70 bits per heavy atom. The van der Waals surface area contributed by atoms with Gasteiger partial charge in [0.1, 0.15) is 0 Å². The molecule has 0 spiro atoms. The number of carbonyl (C=O) groups excluding carboxylic acids is 2. The number of aromatic nitrogens is 1. The molecule has 1 aliphatic carbocycles. The maximum Gasteiger partial charge on any atom is 0.319 e. The highest BCUT2D eigenvalue weighted by Crippen LogP contribution is 2.53. The molecule has 2 aromatic heterocycles. The molecule has 2 aromatic rings. The van der Waals surface area contributed by atoms with Gasteiger partial charge in [0.15, 0.2) is 11.3 Å². The number of furan rings is 1. The lowest BCUT2D eigenvalue weighted by molar-refractivity contribution is 0.0926. The lowest BCUT2D eigenvalue weighted by Gasteiger charge is -2.27. The smallest absolute Gasteiger partial charge is 0.319 e. The SMILES string of the molecule is CCN(CC)C(=O)N1C[C@@H]2[C@@H](CCNC(=O)c3cc4ccncc4o3)[C@@H]2C1. The van der Waals surface area contributed by atoms with Crippen molar-refractivity contribution in [2.75, 3.05) is 32.7 Å². The maximum absolute atomic E-state index is 12.4. The molecule has 7 nitrogen and oxygen atoms in total. The van der Waals surface area contributed by atoms with Crippen molar-refractivity contribution in [1.82, 2.24) is 20.1 Å². The molecule has 1 saturated carbocycles. The minimum atomic E-state index is -0.185. The molecule has 3 amide bonds. The van der Waals surface area contributed by atoms with E-state index in [0.717, 1.165) is 38.0 Å². The van der Waals surface area contributed by atoms with Crippen molar-refractivity contribution in [3.8, 4) is 0 Å². The summed E-state index contributed by atoms with van der Waals surface area (Å²) in [5, 5.41) is 3.83. The second kappa shape index (κ2) is 7.21. The first kappa shape index (κ1) is 17.8. The van der Waals surface area contributed by atoms with Crippen molar-refractivity contribution in [2.24, 2.45) is 17.8 Å². The monoisotopic (exact) mass is 370 g/mol. The molecule has 0 unspecified atom stereocenters. The maximum atomic E-state index is 12.4. The van der Waals surface area contributed by atoms with E-state index in [9.17, 15) is 9.59 Å². The quantitative estimate of drug-likeness (QED) is 0.848. The Balaban J connectivity index is 1.22. The molecule has 0 bridgehead atoms. The summed E-state index contributed by atoms with van der Waals surface area (Å²) < 4.78 is 5.54. The summed E-state index contributed by atoms with van der Waals surface area (Å²) in [5.41, 5.74) is 0.623. The minimum Gasteiger partial charge on any atom is -0.449 e. The summed E-state index contributed by atoms with van der Waals surface area (Å²) in [7, 11) is 0. The van der Waals surface area contributed by atoms with Crippen molar-refractivity contribution >= 4 is 22.9 Å². The van der Waals surface area contributed by atoms with Crippen LogP contribution < -0.4 is 5.32 Å². The molecule has 4 rings (SSSR count). The molecular weight excluding hydrogens is 344 g/mol. The molecule has 1 saturated heterocycles. The molecule has 3 atom stereocenters. The molecule has 144 valence electrons. The average Bonchev–Trinajstić information content (AvgIpc) is 3.07. The van der Waals surface area contributed by atoms with Crippen LogP contribution in [0.5, 0.6) is 0 Å². The first-order valence-electron chi connectivity index (χ1n) is 9.78. The molecule has 2 fully saturated rings. The third-order valence-corrected chi connectivity index (χ3v) is 5.99. The molecule has 3 heterocycles. The van der Waals surface area contributed by atoms with Crippen LogP contribution in [-0.4, -0.2) is 59.4 Å². The van der Waals surface area contributed by atoms with E-state index in [1.165, 1.54) is 0 Å². The number of amides is 3. The van der Waals surface area contributed by atoms with Crippen LogP contribution in [0, 0.1) is 17.8 Å². The summed E-state index contributed by atoms with van der Waals surface area (Å²) in [4.78, 5) is 32.5. The highest BCUT2D eigenvalue weighted by atomic mass is 16.3. The summed E-state index contributed by atoms with van der Waals surface area (Å²) in [6.45, 7) is 7.90. The van der Waals surface area contributed by atoms with Crippen LogP contribution >= 0.6 is 0 Å². The highest BCUT2D eigenvalue weighted by Gasteiger charge is 2.56. The van der Waals surface area contributed by atoms with Crippen LogP contribution in [0.4, 0.5) is 4.79 Å². The lowest BCUT2D eigenvalue weighted by Crippen LogP contribution is -2.43. The number of hydrogen-bond donors (Lipinski definition) is 1. The Kier molecular flexibility index (Phi) is 4.76. The molecule has 2 aliphatic rings. The number of nitrogens with zero attached hydrogens (tertiary/aromatic N) is 3. The Bertz CT molecular complexity index is 800. The van der Waals surface area contributed by atoms with Crippen LogP contribution in [0.2, 0.25) is 0 Å². The van der Waals surface area contributed by atoms with Crippen LogP contribution in [-0.2, 0) is 0 Å². The van der Waals surface area contributed by atoms with Crippen LogP contribution in [0.25, 0.3) is 11.0 Å². The standard InChI is InChI=1S/C20H26N4O3/c1-3-23(4-2)20(26)24-11-15-14(16(15)12-24)6-8-22-19(25)17-9-13-5-7-21-10-18(13)27-17/h5,7,9-10,14-16H,3-4,6,8,11-12H2,1-2H3,(H,22,25)/t14-,15-,16+. The fourth-order valence-corrected chi connectivity index (χ4v) is 4.36. The highest BCUT2D eigenvalue weighted by molar-refractivity contribution is 5.95. The van der Waals surface area contributed by atoms with Gasteiger partial charge in [-0.25, -0.2) is 4.79 Å². The summed E-state index contributed by atoms with van der Waals surface area (Å²) >= 11 is 0. The molecule has 1 aliphatic heterocycles. The molecule has 27 heavy (non-hydrogen) atoms. The van der Waals surface area contributed by atoms with Gasteiger partial charge in [0.05, 0.1) is 6.20 Å². The van der Waals surface area contributed by atoms with E-state index in [0.29, 0.717) is 35.6 Å². The van der Waals surface area contributed by atoms with E-state index < -0.39 is 0 Å². The van der Waals surface area contributed by atoms with Gasteiger partial charge in [-0.1, -0.05) is 0 Å². The number of urea groups is 1. The van der Waals surface area contributed by atoms with Crippen molar-refractivity contribution in [3.05, 3.63) is 30.3 Å². The van der Waals surface area contributed by atoms with E-state index in [1.54, 1.807) is 18.5 Å². The second-order valence-electron chi connectivity index (χ2n) is 7.42. The minimum absolute atomic E-state index is 0.165. The molecular formula is C20H26N4O3. The van der Waals surface area contributed by atoms with Crippen LogP contribution in [0.3, 0.4) is 0 Å². The van der Waals surface area contributed by atoms with E-state index in [-0.39, 0.29) is 11.9 Å². The van der Waals surface area contributed by atoms with Crippen LogP contribution in [0.15, 0.2) is 28.9 Å². The number of fused-ring (bicyclic) bond motifs is 2. The van der Waals surface area contributed by atoms with E-state index in [4.69, 9.17) is 4.42 Å². The van der Waals surface area contributed by atoms with Crippen molar-refractivity contribution < 1.29 is 14.0 Å². The number of pyridine rings is 1. The number of likely N-dealkylation sites (tertiary alicyclic amines) is 1. The van der Waals surface area contributed by atoms with E-state index in [2.05, 4.69) is 10.3 Å². The summed E-state index contributed by atoms with van der Waals surface area (Å²) in [5.74, 6) is 1.95. The first-order valence-corrected chi connectivity index (χ1v) is 9.78. The number of carbonyl (C=O) groups is 2. The topological polar surface area (TPSA) is 78.7 Å². The molecule has 7 heteroatoms. The fraction of sp³-hybridized carbons (Fsp3) is 0.550. The predicted molar refractivity (Wildman–Crippen MR) is 101 cm³/mol. The van der Waals surface area contributed by atoms with Gasteiger partial charge in [-0.15, -0.1) is 0 Å². The molecule has 1 N–H and O–H groups in total. The number of hydrogen-bond acceptors (Lipinski definition) is 4. The summed E-state index contributed by atoms with van der Waals surface area (Å²) in [6.07, 6.45) is 4.25. The normalized spacial score (nSPS) is 23.3. The zero-order valence-electron chi connectivity index (χ0n) is 15.9. The molecule has 0 radical (unpaired) electrons. The lowest BCUT2D eigenvalue weighted by atomic mass is 10.2. The van der Waals surface area contributed by atoms with Crippen molar-refractivity contribution in [3.63, 3.8) is 0 Å². The van der Waals surface area contributed by atoms with Gasteiger partial charge in [-0.3, -0.25) is 9.78 Å². The molecule has 0 aromatic carbocycles. The Morgan fingerprint density at radius 1 is 1.30 bits per heavy atom. The van der Waals surface area contributed by atoms with Crippen molar-refractivity contribution in [2.45, 2.75) is 20.3 Å². The average molecular weight is 370 g/mol. The van der Waals surface area contributed by atoms with Gasteiger partial charge in [0.2, 0.25) is 0 Å². The van der Waals surface area contributed by atoms with Crippen LogP contribution in [0.1, 0.15) is 30.8 Å². The zero-order chi connectivity index (χ0) is 19.0. The van der Waals surface area contributed by atoms with Gasteiger partial charge in [0, 0.05) is 44.3 Å². The summed E-state index contributed by atoms with van der Waals surface area (Å²) in [6, 6.07) is 3.74. The van der Waals surface area contributed by atoms with E-state index >= 15 is 0 Å². The Hall–Kier alpha value is -2.57. The van der Waals surface area contributed by atoms with Gasteiger partial charge < -0.3 is 19.5 Å². The fourth-order valence-electron chi connectivity index (χ4n) is 4.36.